The molecule has 0 saturated heterocycles. The van der Waals surface area contributed by atoms with Crippen molar-refractivity contribution in [2.45, 2.75) is 31.8 Å². The Hall–Kier alpha value is -2.12. The number of aromatic nitrogens is 4. The second-order valence-corrected chi connectivity index (χ2v) is 6.66. The zero-order chi connectivity index (χ0) is 18.0. The van der Waals surface area contributed by atoms with Crippen LogP contribution in [0.3, 0.4) is 0 Å². The zero-order valence-corrected chi connectivity index (χ0v) is 15.7. The highest BCUT2D eigenvalue weighted by Crippen LogP contribution is 2.24. The summed E-state index contributed by atoms with van der Waals surface area (Å²) in [4.78, 5) is 21.0. The molecule has 8 heteroatoms. The Morgan fingerprint density at radius 1 is 1.28 bits per heavy atom. The van der Waals surface area contributed by atoms with Gasteiger partial charge in [-0.2, -0.15) is 4.98 Å². The highest BCUT2D eigenvalue weighted by atomic mass is 35.5. The maximum Gasteiger partial charge on any atom is 0.311 e. The molecule has 1 aromatic carbocycles. The minimum Gasteiger partial charge on any atom is -0.425 e. The van der Waals surface area contributed by atoms with Crippen molar-refractivity contribution in [3.05, 3.63) is 46.2 Å². The molecule has 6 nitrogen and oxygen atoms in total. The van der Waals surface area contributed by atoms with Gasteiger partial charge in [-0.25, -0.2) is 9.50 Å². The van der Waals surface area contributed by atoms with Crippen LogP contribution >= 0.6 is 23.4 Å². The molecule has 2 aromatic heterocycles. The Morgan fingerprint density at radius 3 is 2.76 bits per heavy atom. The molecule has 0 unspecified atom stereocenters. The summed E-state index contributed by atoms with van der Waals surface area (Å²) in [7, 11) is 0. The molecule has 0 fully saturated rings. The van der Waals surface area contributed by atoms with Gasteiger partial charge in [0.05, 0.1) is 11.4 Å². The number of hydrogen-bond acceptors (Lipinski definition) is 6. The molecule has 0 radical (unpaired) electrons. The minimum absolute atomic E-state index is 0.226. The zero-order valence-electron chi connectivity index (χ0n) is 14.1. The van der Waals surface area contributed by atoms with E-state index in [1.807, 2.05) is 20.1 Å². The number of nitrogens with zero attached hydrogens (tertiary/aromatic N) is 4. The fourth-order valence-corrected chi connectivity index (χ4v) is 3.08. The summed E-state index contributed by atoms with van der Waals surface area (Å²) in [6, 6.07) is 6.91. The van der Waals surface area contributed by atoms with Crippen LogP contribution in [0.15, 0.2) is 29.4 Å². The van der Waals surface area contributed by atoms with E-state index < -0.39 is 0 Å². The fraction of sp³-hybridized carbons (Fsp3) is 0.294. The molecule has 0 aliphatic rings. The van der Waals surface area contributed by atoms with Crippen molar-refractivity contribution < 1.29 is 9.53 Å². The summed E-state index contributed by atoms with van der Waals surface area (Å²) in [5, 5.41) is 5.50. The molecule has 0 atom stereocenters. The molecule has 0 spiro atoms. The Balaban J connectivity index is 1.76. The van der Waals surface area contributed by atoms with E-state index in [1.165, 1.54) is 11.8 Å². The van der Waals surface area contributed by atoms with Crippen LogP contribution in [0.4, 0.5) is 0 Å². The molecule has 0 amide bonds. The van der Waals surface area contributed by atoms with Crippen molar-refractivity contribution in [3.63, 3.8) is 0 Å². The first-order valence-electron chi connectivity index (χ1n) is 7.71. The van der Waals surface area contributed by atoms with E-state index in [2.05, 4.69) is 15.1 Å². The van der Waals surface area contributed by atoms with E-state index in [0.717, 1.165) is 17.0 Å². The maximum absolute atomic E-state index is 12.1. The van der Waals surface area contributed by atoms with Gasteiger partial charge in [0.15, 0.2) is 0 Å². The third-order valence-corrected chi connectivity index (χ3v) is 4.70. The largest absolute Gasteiger partial charge is 0.425 e. The lowest BCUT2D eigenvalue weighted by molar-refractivity contribution is -0.134. The highest BCUT2D eigenvalue weighted by Gasteiger charge is 2.15. The predicted octanol–water partition coefficient (Wildman–Crippen LogP) is 3.65. The number of hydrogen-bond donors (Lipinski definition) is 0. The first-order chi connectivity index (χ1) is 12.0. The molecule has 0 aliphatic carbocycles. The maximum atomic E-state index is 12.1. The molecule has 3 rings (SSSR count). The molecule has 0 saturated carbocycles. The normalized spacial score (nSPS) is 11.0. The van der Waals surface area contributed by atoms with Crippen molar-refractivity contribution >= 4 is 35.1 Å². The van der Waals surface area contributed by atoms with Gasteiger partial charge in [-0.1, -0.05) is 35.5 Å². The molecular formula is C17H17ClN4O2S. The molecule has 3 aromatic rings. The number of aryl methyl sites for hydroxylation is 2. The van der Waals surface area contributed by atoms with Gasteiger partial charge >= 0.3 is 5.97 Å². The highest BCUT2D eigenvalue weighted by molar-refractivity contribution is 7.98. The monoisotopic (exact) mass is 376 g/mol. The van der Waals surface area contributed by atoms with Gasteiger partial charge < -0.3 is 4.74 Å². The van der Waals surface area contributed by atoms with Gasteiger partial charge in [0.25, 0.3) is 5.78 Å². The van der Waals surface area contributed by atoms with Gasteiger partial charge in [-0.05, 0) is 44.2 Å². The summed E-state index contributed by atoms with van der Waals surface area (Å²) >= 11 is 7.48. The Kier molecular flexibility index (Phi) is 5.24. The topological polar surface area (TPSA) is 69.4 Å². The number of carbonyl (C=O) groups is 1. The van der Waals surface area contributed by atoms with Crippen LogP contribution in [0.25, 0.3) is 5.78 Å². The molecule has 130 valence electrons. The molecule has 2 heterocycles. The average molecular weight is 377 g/mol. The first-order valence-corrected chi connectivity index (χ1v) is 9.32. The number of esters is 1. The number of para-hydroxylation sites is 1. The number of halogens is 1. The van der Waals surface area contributed by atoms with E-state index in [1.54, 1.807) is 28.8 Å². The van der Waals surface area contributed by atoms with Gasteiger partial charge in [-0.3, -0.25) is 4.79 Å². The van der Waals surface area contributed by atoms with E-state index in [9.17, 15) is 4.79 Å². The summed E-state index contributed by atoms with van der Waals surface area (Å²) in [6.45, 7) is 3.87. The van der Waals surface area contributed by atoms with Crippen LogP contribution in [0.2, 0.25) is 5.02 Å². The van der Waals surface area contributed by atoms with E-state index in [0.29, 0.717) is 28.1 Å². The lowest BCUT2D eigenvalue weighted by atomic mass is 10.1. The van der Waals surface area contributed by atoms with Crippen LogP contribution in [0, 0.1) is 13.8 Å². The van der Waals surface area contributed by atoms with Gasteiger partial charge in [0.1, 0.15) is 5.75 Å². The number of thioether (sulfide) groups is 1. The predicted molar refractivity (Wildman–Crippen MR) is 97.4 cm³/mol. The Morgan fingerprint density at radius 2 is 2.04 bits per heavy atom. The Labute approximate surface area is 154 Å². The van der Waals surface area contributed by atoms with Crippen LogP contribution < -0.4 is 4.74 Å². The van der Waals surface area contributed by atoms with Crippen molar-refractivity contribution in [2.24, 2.45) is 0 Å². The third-order valence-electron chi connectivity index (χ3n) is 3.85. The number of fused-ring (bicyclic) bond motifs is 1. The van der Waals surface area contributed by atoms with Crippen molar-refractivity contribution in [1.82, 2.24) is 19.6 Å². The van der Waals surface area contributed by atoms with E-state index in [4.69, 9.17) is 16.3 Å². The van der Waals surface area contributed by atoms with Crippen LogP contribution in [-0.2, 0) is 11.2 Å². The number of ether oxygens (including phenoxy) is 1. The van der Waals surface area contributed by atoms with Crippen molar-refractivity contribution in [3.8, 4) is 5.75 Å². The molecule has 0 bridgehead atoms. The molecule has 0 N–H and O–H groups in total. The fourth-order valence-electron chi connectivity index (χ4n) is 2.57. The summed E-state index contributed by atoms with van der Waals surface area (Å²) < 4.78 is 7.04. The number of rotatable bonds is 5. The molecule has 25 heavy (non-hydrogen) atoms. The van der Waals surface area contributed by atoms with Crippen molar-refractivity contribution in [2.75, 3.05) is 6.26 Å². The van der Waals surface area contributed by atoms with Gasteiger partial charge in [0, 0.05) is 11.4 Å². The summed E-state index contributed by atoms with van der Waals surface area (Å²) in [5.74, 6) is 0.606. The molecular weight excluding hydrogens is 360 g/mol. The van der Waals surface area contributed by atoms with Gasteiger partial charge in [0.2, 0.25) is 5.16 Å². The SMILES string of the molecule is CSc1nc2nc(C)c(CCC(=O)Oc3ccccc3Cl)c(C)n2n1. The summed E-state index contributed by atoms with van der Waals surface area (Å²) in [5.41, 5.74) is 2.75. The van der Waals surface area contributed by atoms with Crippen LogP contribution in [-0.4, -0.2) is 31.8 Å². The first kappa shape index (κ1) is 17.7. The van der Waals surface area contributed by atoms with E-state index >= 15 is 0 Å². The number of carbonyl (C=O) groups excluding carboxylic acids is 1. The third kappa shape index (κ3) is 3.77. The standard InChI is InChI=1S/C17H17ClN4O2S/c1-10-12(11(2)22-16(19-10)20-17(21-22)25-3)8-9-15(23)24-14-7-5-4-6-13(14)18/h4-7H,8-9H2,1-3H3. The quantitative estimate of drug-likeness (QED) is 0.384. The Bertz CT molecular complexity index is 942. The lowest BCUT2D eigenvalue weighted by Crippen LogP contribution is -2.12. The summed E-state index contributed by atoms with van der Waals surface area (Å²) in [6.07, 6.45) is 2.66. The average Bonchev–Trinajstić information content (AvgIpc) is 3.00. The van der Waals surface area contributed by atoms with Gasteiger partial charge in [-0.15, -0.1) is 5.10 Å². The second kappa shape index (κ2) is 7.41. The number of benzene rings is 1. The van der Waals surface area contributed by atoms with Crippen LogP contribution in [0.1, 0.15) is 23.4 Å². The van der Waals surface area contributed by atoms with E-state index in [-0.39, 0.29) is 12.4 Å². The van der Waals surface area contributed by atoms with Crippen molar-refractivity contribution in [1.29, 1.82) is 0 Å². The molecule has 0 aliphatic heterocycles. The smallest absolute Gasteiger partial charge is 0.311 e. The second-order valence-electron chi connectivity index (χ2n) is 5.48. The minimum atomic E-state index is -0.338. The van der Waals surface area contributed by atoms with Crippen LogP contribution in [0.5, 0.6) is 5.75 Å². The lowest BCUT2D eigenvalue weighted by Gasteiger charge is -2.10.